The van der Waals surface area contributed by atoms with Crippen LogP contribution in [0.5, 0.6) is 11.5 Å². The lowest BCUT2D eigenvalue weighted by Gasteiger charge is -2.29. The maximum absolute atomic E-state index is 11.8. The van der Waals surface area contributed by atoms with Crippen molar-refractivity contribution in [2.45, 2.75) is 13.5 Å². The number of quaternary nitrogens is 2. The molecule has 0 amide bonds. The van der Waals surface area contributed by atoms with E-state index in [0.717, 1.165) is 38.3 Å². The van der Waals surface area contributed by atoms with Gasteiger partial charge in [0.25, 0.3) is 5.69 Å². The number of piperazine rings is 1. The molecule has 0 saturated carbocycles. The van der Waals surface area contributed by atoms with Crippen molar-refractivity contribution in [1.82, 2.24) is 0 Å². The van der Waals surface area contributed by atoms with E-state index in [1.165, 1.54) is 18.1 Å². The number of nitro benzene ring substituents is 1. The zero-order valence-electron chi connectivity index (χ0n) is 12.5. The molecule has 0 atom stereocenters. The van der Waals surface area contributed by atoms with E-state index >= 15 is 0 Å². The highest BCUT2D eigenvalue weighted by atomic mass is 16.6. The van der Waals surface area contributed by atoms with Crippen LogP contribution in [0, 0.1) is 10.1 Å². The van der Waals surface area contributed by atoms with E-state index in [-0.39, 0.29) is 5.75 Å². The van der Waals surface area contributed by atoms with Crippen molar-refractivity contribution in [2.75, 3.05) is 39.8 Å². The van der Waals surface area contributed by atoms with Crippen molar-refractivity contribution in [2.24, 2.45) is 0 Å². The number of rotatable bonds is 5. The van der Waals surface area contributed by atoms with Crippen LogP contribution in [0.15, 0.2) is 12.1 Å². The van der Waals surface area contributed by atoms with Crippen LogP contribution in [-0.2, 0) is 6.54 Å². The highest BCUT2D eigenvalue weighted by molar-refractivity contribution is 5.56. The van der Waals surface area contributed by atoms with Crippen molar-refractivity contribution in [1.29, 1.82) is 0 Å². The molecule has 2 rings (SSSR count). The van der Waals surface area contributed by atoms with Gasteiger partial charge in [0, 0.05) is 17.4 Å². The second-order valence-corrected chi connectivity index (χ2v) is 5.43. The number of nitrogens with one attached hydrogen (secondary N) is 2. The standard InChI is InChI=1S/C14H21N3O4/c1-3-15-4-6-16(7-5-15)10-11-8-12(17(19)20)14(18)13(9-11)21-2/h8-9,18H,3-7,10H2,1-2H3/p+1. The van der Waals surface area contributed by atoms with Crippen LogP contribution in [0.2, 0.25) is 0 Å². The summed E-state index contributed by atoms with van der Waals surface area (Å²) in [4.78, 5) is 13.3. The van der Waals surface area contributed by atoms with Crippen LogP contribution < -0.4 is 19.6 Å². The maximum Gasteiger partial charge on any atom is 0.265 e. The average molecular weight is 296 g/mol. The third-order valence-electron chi connectivity index (χ3n) is 4.13. The molecule has 1 aliphatic heterocycles. The SMILES string of the molecule is CC[NH+]1CC[NH+](Cc2cc(OC)c([O-])c([N+](=O)[O-])c2)CC1. The van der Waals surface area contributed by atoms with Gasteiger partial charge in [-0.05, 0) is 13.0 Å². The predicted octanol–water partition coefficient (Wildman–Crippen LogP) is -2.02. The van der Waals surface area contributed by atoms with E-state index in [1.807, 2.05) is 0 Å². The number of nitrogens with zero attached hydrogens (tertiary/aromatic N) is 1. The lowest BCUT2D eigenvalue weighted by Crippen LogP contribution is -3.27. The van der Waals surface area contributed by atoms with Gasteiger partial charge in [-0.15, -0.1) is 0 Å². The van der Waals surface area contributed by atoms with Gasteiger partial charge < -0.3 is 19.6 Å². The zero-order valence-corrected chi connectivity index (χ0v) is 12.5. The van der Waals surface area contributed by atoms with E-state index in [4.69, 9.17) is 4.74 Å². The number of ether oxygens (including phenoxy) is 1. The lowest BCUT2D eigenvalue weighted by molar-refractivity contribution is -1.02. The van der Waals surface area contributed by atoms with E-state index < -0.39 is 16.4 Å². The second kappa shape index (κ2) is 6.73. The first-order chi connectivity index (χ1) is 10.0. The van der Waals surface area contributed by atoms with E-state index in [0.29, 0.717) is 6.54 Å². The average Bonchev–Trinajstić information content (AvgIpc) is 2.49. The number of likely N-dealkylation sites (N-methyl/N-ethyl adjacent to an activating group) is 1. The van der Waals surface area contributed by atoms with Gasteiger partial charge in [0.15, 0.2) is 0 Å². The third kappa shape index (κ3) is 3.62. The Hall–Kier alpha value is -1.86. The van der Waals surface area contributed by atoms with Crippen molar-refractivity contribution in [3.63, 3.8) is 0 Å². The van der Waals surface area contributed by atoms with Crippen LogP contribution in [0.1, 0.15) is 12.5 Å². The van der Waals surface area contributed by atoms with Gasteiger partial charge in [0.05, 0.1) is 18.6 Å². The van der Waals surface area contributed by atoms with Gasteiger partial charge in [-0.3, -0.25) is 10.1 Å². The summed E-state index contributed by atoms with van der Waals surface area (Å²) in [7, 11) is 1.36. The fraction of sp³-hybridized carbons (Fsp3) is 0.571. The molecule has 7 nitrogen and oxygen atoms in total. The molecule has 0 aromatic heterocycles. The smallest absolute Gasteiger partial charge is 0.265 e. The molecule has 0 radical (unpaired) electrons. The van der Waals surface area contributed by atoms with Crippen molar-refractivity contribution in [3.8, 4) is 11.5 Å². The molecule has 2 N–H and O–H groups in total. The third-order valence-corrected chi connectivity index (χ3v) is 4.13. The molecule has 21 heavy (non-hydrogen) atoms. The first-order valence-corrected chi connectivity index (χ1v) is 7.24. The fourth-order valence-corrected chi connectivity index (χ4v) is 2.81. The molecule has 116 valence electrons. The molecule has 1 fully saturated rings. The zero-order chi connectivity index (χ0) is 15.4. The molecule has 0 bridgehead atoms. The van der Waals surface area contributed by atoms with Gasteiger partial charge in [0.1, 0.15) is 38.5 Å². The summed E-state index contributed by atoms with van der Waals surface area (Å²) in [5, 5.41) is 22.7. The van der Waals surface area contributed by atoms with Gasteiger partial charge in [-0.25, -0.2) is 0 Å². The molecule has 0 spiro atoms. The van der Waals surface area contributed by atoms with E-state index in [9.17, 15) is 15.2 Å². The summed E-state index contributed by atoms with van der Waals surface area (Å²) >= 11 is 0. The minimum atomic E-state index is -0.651. The Kier molecular flexibility index (Phi) is 4.98. The van der Waals surface area contributed by atoms with Crippen molar-refractivity contribution >= 4 is 5.69 Å². The summed E-state index contributed by atoms with van der Waals surface area (Å²) in [6.45, 7) is 8.32. The van der Waals surface area contributed by atoms with E-state index in [2.05, 4.69) is 6.92 Å². The van der Waals surface area contributed by atoms with Gasteiger partial charge in [-0.2, -0.15) is 0 Å². The van der Waals surface area contributed by atoms with Crippen LogP contribution in [0.25, 0.3) is 0 Å². The van der Waals surface area contributed by atoms with Gasteiger partial charge in [-0.1, -0.05) is 0 Å². The largest absolute Gasteiger partial charge is 0.865 e. The molecule has 0 unspecified atom stereocenters. The van der Waals surface area contributed by atoms with Crippen molar-refractivity contribution in [3.05, 3.63) is 27.8 Å². The summed E-state index contributed by atoms with van der Waals surface area (Å²) in [5.74, 6) is -0.599. The Morgan fingerprint density at radius 1 is 1.24 bits per heavy atom. The molecule has 7 heteroatoms. The van der Waals surface area contributed by atoms with Gasteiger partial charge in [0.2, 0.25) is 0 Å². The number of nitro groups is 1. The highest BCUT2D eigenvalue weighted by Gasteiger charge is 2.23. The summed E-state index contributed by atoms with van der Waals surface area (Å²) in [6, 6.07) is 3.01. The second-order valence-electron chi connectivity index (χ2n) is 5.43. The lowest BCUT2D eigenvalue weighted by atomic mass is 10.1. The van der Waals surface area contributed by atoms with Crippen LogP contribution in [-0.4, -0.2) is 44.8 Å². The summed E-state index contributed by atoms with van der Waals surface area (Å²) < 4.78 is 4.97. The Labute approximate surface area is 123 Å². The molecule has 0 aliphatic carbocycles. The Balaban J connectivity index is 2.13. The van der Waals surface area contributed by atoms with Crippen LogP contribution >= 0.6 is 0 Å². The summed E-state index contributed by atoms with van der Waals surface area (Å²) in [5.41, 5.74) is 0.384. The molecule has 1 saturated heterocycles. The van der Waals surface area contributed by atoms with Crippen LogP contribution in [0.4, 0.5) is 5.69 Å². The van der Waals surface area contributed by atoms with Gasteiger partial charge >= 0.3 is 0 Å². The molecule has 1 aromatic carbocycles. The molecular weight excluding hydrogens is 274 g/mol. The Bertz CT molecular complexity index is 513. The highest BCUT2D eigenvalue weighted by Crippen LogP contribution is 2.34. The number of benzene rings is 1. The predicted molar refractivity (Wildman–Crippen MR) is 74.7 cm³/mol. The first kappa shape index (κ1) is 15.5. The molecule has 1 heterocycles. The molecular formula is C14H22N3O4+. The fourth-order valence-electron chi connectivity index (χ4n) is 2.81. The Morgan fingerprint density at radius 2 is 1.86 bits per heavy atom. The maximum atomic E-state index is 11.8. The monoisotopic (exact) mass is 296 g/mol. The molecule has 1 aromatic rings. The normalized spacial score (nSPS) is 22.0. The Morgan fingerprint density at radius 3 is 2.38 bits per heavy atom. The first-order valence-electron chi connectivity index (χ1n) is 7.24. The number of hydrogen-bond acceptors (Lipinski definition) is 4. The number of methoxy groups -OCH3 is 1. The minimum absolute atomic E-state index is 0.0522. The quantitative estimate of drug-likeness (QED) is 0.485. The summed E-state index contributed by atoms with van der Waals surface area (Å²) in [6.07, 6.45) is 0. The minimum Gasteiger partial charge on any atom is -0.865 e. The van der Waals surface area contributed by atoms with Crippen molar-refractivity contribution < 1.29 is 24.6 Å². The topological polar surface area (TPSA) is 84.3 Å². The van der Waals surface area contributed by atoms with Crippen LogP contribution in [0.3, 0.4) is 0 Å². The number of hydrogen-bond donors (Lipinski definition) is 2. The molecule has 1 aliphatic rings. The van der Waals surface area contributed by atoms with E-state index in [1.54, 1.807) is 11.0 Å².